The molecule has 2 nitrogen and oxygen atoms in total. The van der Waals surface area contributed by atoms with Crippen molar-refractivity contribution in [3.63, 3.8) is 0 Å². The summed E-state index contributed by atoms with van der Waals surface area (Å²) in [6.07, 6.45) is 0. The average molecular weight is 254 g/mol. The Kier molecular flexibility index (Phi) is 2.93. The van der Waals surface area contributed by atoms with Gasteiger partial charge in [0.2, 0.25) is 0 Å². The Balaban J connectivity index is 2.68. The van der Waals surface area contributed by atoms with E-state index in [0.29, 0.717) is 9.90 Å². The van der Waals surface area contributed by atoms with Gasteiger partial charge in [-0.25, -0.2) is 0 Å². The second-order valence-corrected chi connectivity index (χ2v) is 4.36. The molecule has 1 aromatic carbocycles. The Hall–Kier alpha value is -1.06. The summed E-state index contributed by atoms with van der Waals surface area (Å²) in [5, 5.41) is 3.35. The lowest BCUT2D eigenvalue weighted by Gasteiger charge is -1.88. The van der Waals surface area contributed by atoms with Crippen LogP contribution in [0.4, 0.5) is 0 Å². The number of carbonyl (C=O) groups is 1. The summed E-state index contributed by atoms with van der Waals surface area (Å²) in [6, 6.07) is 7.54. The monoisotopic (exact) mass is 253 g/mol. The highest BCUT2D eigenvalue weighted by atomic mass is 35.5. The van der Waals surface area contributed by atoms with Crippen molar-refractivity contribution in [1.82, 2.24) is 0 Å². The molecule has 2 aromatic rings. The van der Waals surface area contributed by atoms with E-state index in [-0.39, 0.29) is 0 Å². The number of aliphatic imine (C=N–C) groups is 1. The third-order valence-corrected chi connectivity index (χ3v) is 3.63. The van der Waals surface area contributed by atoms with Gasteiger partial charge < -0.3 is 0 Å². The Labute approximate surface area is 100 Å². The van der Waals surface area contributed by atoms with Crippen LogP contribution in [-0.4, -0.2) is 11.1 Å². The lowest BCUT2D eigenvalue weighted by Crippen LogP contribution is -1.89. The Morgan fingerprint density at radius 1 is 1.47 bits per heavy atom. The smallest absolute Gasteiger partial charge is 0.265 e. The maximum absolute atomic E-state index is 11.5. The molecule has 0 fully saturated rings. The van der Waals surface area contributed by atoms with E-state index in [2.05, 4.69) is 17.2 Å². The highest BCUT2D eigenvalue weighted by Crippen LogP contribution is 2.35. The SMILES string of the molecule is O=C(N=C=S)c1sc2ccccc2c1Cl. The van der Waals surface area contributed by atoms with Gasteiger partial charge in [0, 0.05) is 10.1 Å². The van der Waals surface area contributed by atoms with Crippen LogP contribution in [0.3, 0.4) is 0 Å². The summed E-state index contributed by atoms with van der Waals surface area (Å²) in [5.41, 5.74) is 0. The first-order valence-corrected chi connectivity index (χ1v) is 5.63. The van der Waals surface area contributed by atoms with Crippen LogP contribution in [0, 0.1) is 0 Å². The Bertz CT molecular complexity index is 584. The first-order valence-electron chi connectivity index (χ1n) is 4.03. The van der Waals surface area contributed by atoms with E-state index in [1.807, 2.05) is 29.4 Å². The topological polar surface area (TPSA) is 29.4 Å². The van der Waals surface area contributed by atoms with Crippen LogP contribution < -0.4 is 0 Å². The standard InChI is InChI=1S/C10H4ClNOS2/c11-8-6-3-1-2-4-7(6)15-9(8)10(13)12-5-14/h1-4H. The maximum atomic E-state index is 11.5. The van der Waals surface area contributed by atoms with Gasteiger partial charge in [0.1, 0.15) is 4.88 Å². The summed E-state index contributed by atoms with van der Waals surface area (Å²) in [6.45, 7) is 0. The van der Waals surface area contributed by atoms with Gasteiger partial charge in [-0.05, 0) is 18.3 Å². The molecule has 5 heteroatoms. The molecule has 0 N–H and O–H groups in total. The zero-order valence-electron chi connectivity index (χ0n) is 7.36. The van der Waals surface area contributed by atoms with Crippen LogP contribution in [-0.2, 0) is 0 Å². The summed E-state index contributed by atoms with van der Waals surface area (Å²) >= 11 is 11.7. The molecule has 15 heavy (non-hydrogen) atoms. The van der Waals surface area contributed by atoms with Crippen molar-refractivity contribution < 1.29 is 4.79 Å². The molecule has 0 aliphatic carbocycles. The second-order valence-electron chi connectivity index (χ2n) is 2.75. The zero-order chi connectivity index (χ0) is 10.8. The van der Waals surface area contributed by atoms with Gasteiger partial charge in [0.05, 0.1) is 10.2 Å². The first-order chi connectivity index (χ1) is 7.24. The molecular formula is C10H4ClNOS2. The Morgan fingerprint density at radius 3 is 2.87 bits per heavy atom. The fourth-order valence-electron chi connectivity index (χ4n) is 1.24. The highest BCUT2D eigenvalue weighted by molar-refractivity contribution is 7.78. The quantitative estimate of drug-likeness (QED) is 0.572. The molecule has 0 aliphatic heterocycles. The van der Waals surface area contributed by atoms with Crippen molar-refractivity contribution >= 4 is 56.3 Å². The summed E-state index contributed by atoms with van der Waals surface area (Å²) in [4.78, 5) is 15.3. The third kappa shape index (κ3) is 1.85. The molecule has 0 unspecified atom stereocenters. The number of benzene rings is 1. The van der Waals surface area contributed by atoms with E-state index >= 15 is 0 Å². The molecule has 74 valence electrons. The Morgan fingerprint density at radius 2 is 2.20 bits per heavy atom. The largest absolute Gasteiger partial charge is 0.297 e. The van der Waals surface area contributed by atoms with Crippen LogP contribution in [0.25, 0.3) is 10.1 Å². The van der Waals surface area contributed by atoms with Crippen LogP contribution >= 0.6 is 35.2 Å². The average Bonchev–Trinajstić information content (AvgIpc) is 2.57. The number of hydrogen-bond acceptors (Lipinski definition) is 3. The lowest BCUT2D eigenvalue weighted by atomic mass is 10.2. The van der Waals surface area contributed by atoms with Gasteiger partial charge in [-0.3, -0.25) is 4.79 Å². The second kappa shape index (κ2) is 4.21. The minimum atomic E-state index is -0.434. The van der Waals surface area contributed by atoms with Gasteiger partial charge in [-0.15, -0.1) is 11.3 Å². The number of halogens is 1. The zero-order valence-corrected chi connectivity index (χ0v) is 9.75. The van der Waals surface area contributed by atoms with Crippen molar-refractivity contribution in [2.75, 3.05) is 0 Å². The van der Waals surface area contributed by atoms with Crippen molar-refractivity contribution in [3.05, 3.63) is 34.2 Å². The van der Waals surface area contributed by atoms with E-state index in [9.17, 15) is 4.79 Å². The van der Waals surface area contributed by atoms with E-state index < -0.39 is 5.91 Å². The molecular weight excluding hydrogens is 250 g/mol. The molecule has 0 radical (unpaired) electrons. The van der Waals surface area contributed by atoms with Gasteiger partial charge in [-0.1, -0.05) is 29.8 Å². The van der Waals surface area contributed by atoms with Crippen molar-refractivity contribution in [2.24, 2.45) is 4.99 Å². The number of nitrogens with zero attached hydrogens (tertiary/aromatic N) is 1. The normalized spacial score (nSPS) is 9.93. The number of hydrogen-bond donors (Lipinski definition) is 0. The molecule has 1 aromatic heterocycles. The van der Waals surface area contributed by atoms with Gasteiger partial charge >= 0.3 is 0 Å². The summed E-state index contributed by atoms with van der Waals surface area (Å²) in [7, 11) is 0. The van der Waals surface area contributed by atoms with Gasteiger partial charge in [-0.2, -0.15) is 4.99 Å². The van der Waals surface area contributed by atoms with Gasteiger partial charge in [0.25, 0.3) is 5.91 Å². The lowest BCUT2D eigenvalue weighted by molar-refractivity contribution is 0.101. The molecule has 0 atom stereocenters. The number of isothiocyanates is 1. The fraction of sp³-hybridized carbons (Fsp3) is 0. The van der Waals surface area contributed by atoms with Crippen molar-refractivity contribution in [1.29, 1.82) is 0 Å². The van der Waals surface area contributed by atoms with E-state index in [1.54, 1.807) is 0 Å². The van der Waals surface area contributed by atoms with Crippen LogP contribution in [0.1, 0.15) is 9.67 Å². The maximum Gasteiger partial charge on any atom is 0.297 e. The molecule has 0 aliphatic rings. The fourth-order valence-corrected chi connectivity index (χ4v) is 2.72. The molecule has 0 saturated heterocycles. The minimum absolute atomic E-state index is 0.412. The molecule has 1 amide bonds. The predicted octanol–water partition coefficient (Wildman–Crippen LogP) is 3.80. The van der Waals surface area contributed by atoms with Crippen LogP contribution in [0.5, 0.6) is 0 Å². The number of thiophene rings is 1. The van der Waals surface area contributed by atoms with Crippen LogP contribution in [0.2, 0.25) is 5.02 Å². The van der Waals surface area contributed by atoms with Crippen molar-refractivity contribution in [3.8, 4) is 0 Å². The number of fused-ring (bicyclic) bond motifs is 1. The number of thiocarbonyl (C=S) groups is 1. The first kappa shape index (κ1) is 10.5. The third-order valence-electron chi connectivity index (χ3n) is 1.88. The van der Waals surface area contributed by atoms with Crippen molar-refractivity contribution in [2.45, 2.75) is 0 Å². The summed E-state index contributed by atoms with van der Waals surface area (Å²) < 4.78 is 0.963. The highest BCUT2D eigenvalue weighted by Gasteiger charge is 2.15. The molecule has 0 bridgehead atoms. The number of amides is 1. The molecule has 1 heterocycles. The van der Waals surface area contributed by atoms with Gasteiger partial charge in [0.15, 0.2) is 0 Å². The van der Waals surface area contributed by atoms with Crippen LogP contribution in [0.15, 0.2) is 29.3 Å². The predicted molar refractivity (Wildman–Crippen MR) is 66.2 cm³/mol. The molecule has 0 saturated carbocycles. The molecule has 2 rings (SSSR count). The van der Waals surface area contributed by atoms with E-state index in [1.165, 1.54) is 11.3 Å². The minimum Gasteiger partial charge on any atom is -0.265 e. The van der Waals surface area contributed by atoms with E-state index in [4.69, 9.17) is 11.6 Å². The number of carbonyl (C=O) groups excluding carboxylic acids is 1. The molecule has 0 spiro atoms. The van der Waals surface area contributed by atoms with E-state index in [0.717, 1.165) is 10.1 Å². The summed E-state index contributed by atoms with van der Waals surface area (Å²) in [5.74, 6) is -0.434. The number of rotatable bonds is 1.